The van der Waals surface area contributed by atoms with E-state index in [2.05, 4.69) is 6.92 Å². The lowest BCUT2D eigenvalue weighted by atomic mass is 9.93. The first kappa shape index (κ1) is 20.1. The Morgan fingerprint density at radius 3 is 2.50 bits per heavy atom. The molecule has 0 unspecified atom stereocenters. The Balaban J connectivity index is 2.02. The first-order valence-corrected chi connectivity index (χ1v) is 9.45. The van der Waals surface area contributed by atoms with Gasteiger partial charge >= 0.3 is 5.97 Å². The number of benzene rings is 1. The van der Waals surface area contributed by atoms with Gasteiger partial charge < -0.3 is 19.5 Å². The van der Waals surface area contributed by atoms with Crippen LogP contribution in [0.25, 0.3) is 0 Å². The molecular weight excluding hydrogens is 334 g/mol. The number of ether oxygens (including phenoxy) is 2. The molecule has 6 nitrogen and oxygen atoms in total. The second-order valence-electron chi connectivity index (χ2n) is 6.63. The molecule has 2 rings (SSSR count). The molecule has 1 aromatic carbocycles. The third-order valence-electron chi connectivity index (χ3n) is 4.61. The highest BCUT2D eigenvalue weighted by Crippen LogP contribution is 2.30. The fourth-order valence-electron chi connectivity index (χ4n) is 3.12. The number of hydrogen-bond donors (Lipinski definition) is 1. The summed E-state index contributed by atoms with van der Waals surface area (Å²) >= 11 is 0. The van der Waals surface area contributed by atoms with E-state index in [1.54, 1.807) is 23.1 Å². The van der Waals surface area contributed by atoms with Crippen molar-refractivity contribution in [2.24, 2.45) is 5.92 Å². The van der Waals surface area contributed by atoms with Gasteiger partial charge in [0, 0.05) is 25.1 Å². The molecule has 1 aliphatic heterocycles. The lowest BCUT2D eigenvalue weighted by Crippen LogP contribution is -2.38. The smallest absolute Gasteiger partial charge is 0.303 e. The summed E-state index contributed by atoms with van der Waals surface area (Å²) in [5.41, 5.74) is 0.577. The number of unbranched alkanes of at least 4 members (excludes halogenated alkanes) is 1. The average molecular weight is 363 g/mol. The van der Waals surface area contributed by atoms with Gasteiger partial charge in [-0.25, -0.2) is 0 Å². The summed E-state index contributed by atoms with van der Waals surface area (Å²) in [7, 11) is 0. The Morgan fingerprint density at radius 1 is 1.15 bits per heavy atom. The number of piperidine rings is 1. The molecule has 1 heterocycles. The van der Waals surface area contributed by atoms with Crippen molar-refractivity contribution in [2.75, 3.05) is 26.3 Å². The highest BCUT2D eigenvalue weighted by molar-refractivity contribution is 5.95. The Hall–Kier alpha value is -2.24. The van der Waals surface area contributed by atoms with Gasteiger partial charge in [-0.05, 0) is 50.3 Å². The van der Waals surface area contributed by atoms with Crippen LogP contribution in [0.2, 0.25) is 0 Å². The third kappa shape index (κ3) is 5.64. The maximum atomic E-state index is 12.8. The largest absolute Gasteiger partial charge is 0.490 e. The molecule has 1 fully saturated rings. The number of hydrogen-bond acceptors (Lipinski definition) is 4. The minimum absolute atomic E-state index is 0.0418. The van der Waals surface area contributed by atoms with Crippen molar-refractivity contribution in [3.63, 3.8) is 0 Å². The van der Waals surface area contributed by atoms with Crippen LogP contribution >= 0.6 is 0 Å². The van der Waals surface area contributed by atoms with Crippen LogP contribution in [0.3, 0.4) is 0 Å². The van der Waals surface area contributed by atoms with E-state index in [4.69, 9.17) is 14.6 Å². The number of carboxylic acids is 1. The van der Waals surface area contributed by atoms with E-state index in [0.717, 1.165) is 25.7 Å². The van der Waals surface area contributed by atoms with Crippen molar-refractivity contribution in [3.8, 4) is 11.5 Å². The van der Waals surface area contributed by atoms with Crippen LogP contribution in [-0.2, 0) is 4.79 Å². The van der Waals surface area contributed by atoms with E-state index in [9.17, 15) is 9.59 Å². The Labute approximate surface area is 155 Å². The molecule has 0 radical (unpaired) electrons. The minimum atomic E-state index is -0.769. The van der Waals surface area contributed by atoms with Crippen LogP contribution in [0.5, 0.6) is 11.5 Å². The van der Waals surface area contributed by atoms with Gasteiger partial charge in [0.1, 0.15) is 0 Å². The molecule has 0 aliphatic carbocycles. The van der Waals surface area contributed by atoms with Crippen LogP contribution in [-0.4, -0.2) is 48.2 Å². The van der Waals surface area contributed by atoms with Crippen molar-refractivity contribution < 1.29 is 24.2 Å². The highest BCUT2D eigenvalue weighted by atomic mass is 16.5. The van der Waals surface area contributed by atoms with Crippen LogP contribution < -0.4 is 9.47 Å². The second-order valence-corrected chi connectivity index (χ2v) is 6.63. The summed E-state index contributed by atoms with van der Waals surface area (Å²) in [5.74, 6) is 0.603. The van der Waals surface area contributed by atoms with Crippen molar-refractivity contribution >= 4 is 11.9 Å². The molecule has 0 atom stereocenters. The minimum Gasteiger partial charge on any atom is -0.490 e. The highest BCUT2D eigenvalue weighted by Gasteiger charge is 2.25. The molecule has 26 heavy (non-hydrogen) atoms. The topological polar surface area (TPSA) is 76.1 Å². The zero-order valence-corrected chi connectivity index (χ0v) is 15.7. The van der Waals surface area contributed by atoms with E-state index < -0.39 is 5.97 Å². The first-order chi connectivity index (χ1) is 12.5. The predicted octanol–water partition coefficient (Wildman–Crippen LogP) is 3.59. The normalized spacial score (nSPS) is 14.9. The van der Waals surface area contributed by atoms with E-state index in [-0.39, 0.29) is 18.2 Å². The summed E-state index contributed by atoms with van der Waals surface area (Å²) in [6.45, 7) is 6.32. The van der Waals surface area contributed by atoms with E-state index >= 15 is 0 Å². The van der Waals surface area contributed by atoms with Crippen molar-refractivity contribution in [1.29, 1.82) is 0 Å². The number of aliphatic carboxylic acids is 1. The molecule has 144 valence electrons. The van der Waals surface area contributed by atoms with E-state index in [1.807, 2.05) is 6.92 Å². The molecule has 0 saturated carbocycles. The Morgan fingerprint density at radius 2 is 1.88 bits per heavy atom. The summed E-state index contributed by atoms with van der Waals surface area (Å²) in [4.78, 5) is 25.4. The molecule has 1 aromatic rings. The summed E-state index contributed by atoms with van der Waals surface area (Å²) in [6.07, 6.45) is 3.67. The fraction of sp³-hybridized carbons (Fsp3) is 0.600. The van der Waals surface area contributed by atoms with Gasteiger partial charge in [0.15, 0.2) is 11.5 Å². The van der Waals surface area contributed by atoms with Gasteiger partial charge in [-0.15, -0.1) is 0 Å². The van der Waals surface area contributed by atoms with Crippen LogP contribution in [0.15, 0.2) is 18.2 Å². The SMILES string of the molecule is CCCCOc1ccc(C(=O)N2CCC(CC(=O)O)CC2)cc1OCC. The predicted molar refractivity (Wildman–Crippen MR) is 98.9 cm³/mol. The molecular formula is C20H29NO5. The first-order valence-electron chi connectivity index (χ1n) is 9.45. The maximum Gasteiger partial charge on any atom is 0.303 e. The summed E-state index contributed by atoms with van der Waals surface area (Å²) < 4.78 is 11.4. The van der Waals surface area contributed by atoms with Gasteiger partial charge in [0.2, 0.25) is 0 Å². The second kappa shape index (κ2) is 10.0. The Bertz CT molecular complexity index is 608. The van der Waals surface area contributed by atoms with Crippen molar-refractivity contribution in [1.82, 2.24) is 4.90 Å². The molecule has 1 N–H and O–H groups in total. The van der Waals surface area contributed by atoms with Gasteiger partial charge in [0.05, 0.1) is 13.2 Å². The van der Waals surface area contributed by atoms with Gasteiger partial charge in [-0.1, -0.05) is 13.3 Å². The summed E-state index contributed by atoms with van der Waals surface area (Å²) in [6, 6.07) is 5.32. The number of amides is 1. The molecule has 6 heteroatoms. The molecule has 0 bridgehead atoms. The lowest BCUT2D eigenvalue weighted by Gasteiger charge is -2.31. The quantitative estimate of drug-likeness (QED) is 0.679. The molecule has 1 saturated heterocycles. The van der Waals surface area contributed by atoms with Crippen LogP contribution in [0.4, 0.5) is 0 Å². The fourth-order valence-corrected chi connectivity index (χ4v) is 3.12. The van der Waals surface area contributed by atoms with Crippen molar-refractivity contribution in [2.45, 2.75) is 46.0 Å². The third-order valence-corrected chi connectivity index (χ3v) is 4.61. The number of carboxylic acid groups (broad SMARTS) is 1. The number of carbonyl (C=O) groups is 2. The molecule has 1 amide bonds. The van der Waals surface area contributed by atoms with Crippen molar-refractivity contribution in [3.05, 3.63) is 23.8 Å². The molecule has 0 aromatic heterocycles. The lowest BCUT2D eigenvalue weighted by molar-refractivity contribution is -0.138. The number of carbonyl (C=O) groups excluding carboxylic acids is 1. The monoisotopic (exact) mass is 363 g/mol. The van der Waals surface area contributed by atoms with E-state index in [1.165, 1.54) is 0 Å². The summed E-state index contributed by atoms with van der Waals surface area (Å²) in [5, 5.41) is 8.90. The van der Waals surface area contributed by atoms with E-state index in [0.29, 0.717) is 43.4 Å². The van der Waals surface area contributed by atoms with Gasteiger partial charge in [-0.2, -0.15) is 0 Å². The average Bonchev–Trinajstić information content (AvgIpc) is 2.63. The number of likely N-dealkylation sites (tertiary alicyclic amines) is 1. The van der Waals surface area contributed by atoms with Gasteiger partial charge in [-0.3, -0.25) is 9.59 Å². The van der Waals surface area contributed by atoms with Gasteiger partial charge in [0.25, 0.3) is 5.91 Å². The number of rotatable bonds is 9. The van der Waals surface area contributed by atoms with Crippen LogP contribution in [0.1, 0.15) is 56.3 Å². The zero-order chi connectivity index (χ0) is 18.9. The van der Waals surface area contributed by atoms with Crippen LogP contribution in [0, 0.1) is 5.92 Å². The zero-order valence-electron chi connectivity index (χ0n) is 15.7. The Kier molecular flexibility index (Phi) is 7.75. The standard InChI is InChI=1S/C20H29NO5/c1-3-5-12-26-17-7-6-16(14-18(17)25-4-2)20(24)21-10-8-15(9-11-21)13-19(22)23/h6-7,14-15H,3-5,8-13H2,1-2H3,(H,22,23). The molecule has 1 aliphatic rings. The maximum absolute atomic E-state index is 12.8. The number of nitrogens with zero attached hydrogens (tertiary/aromatic N) is 1. The molecule has 0 spiro atoms.